The highest BCUT2D eigenvalue weighted by Crippen LogP contribution is 2.27. The number of carbonyl (C=O) groups is 1. The highest BCUT2D eigenvalue weighted by molar-refractivity contribution is 5.77. The van der Waals surface area contributed by atoms with Crippen LogP contribution in [0.2, 0.25) is 0 Å². The Morgan fingerprint density at radius 2 is 1.83 bits per heavy atom. The summed E-state index contributed by atoms with van der Waals surface area (Å²) in [5.41, 5.74) is 1.20. The van der Waals surface area contributed by atoms with Gasteiger partial charge in [0.25, 0.3) is 5.91 Å². The predicted molar refractivity (Wildman–Crippen MR) is 96.2 cm³/mol. The molecule has 0 unspecified atom stereocenters. The van der Waals surface area contributed by atoms with Crippen LogP contribution in [0, 0.1) is 12.8 Å². The fraction of sp³-hybridized carbons (Fsp3) is 0.650. The number of rotatable bonds is 4. The zero-order valence-corrected chi connectivity index (χ0v) is 15.0. The third-order valence-electron chi connectivity index (χ3n) is 5.48. The summed E-state index contributed by atoms with van der Waals surface area (Å²) in [6.07, 6.45) is 5.39. The molecule has 132 valence electrons. The fourth-order valence-electron chi connectivity index (χ4n) is 3.94. The second kappa shape index (κ2) is 8.02. The fourth-order valence-corrected chi connectivity index (χ4v) is 3.94. The molecule has 1 aliphatic heterocycles. The standard InChI is InChI=1S/C20H30N2O2/c1-16-6-8-19(9-7-16)24-15-20(23)22-12-10-21(11-13-22)18-5-3-4-17(2)14-18/h6-9,17-18H,3-5,10-15H2,1-2H3/t17-,18+/m1/s1. The van der Waals surface area contributed by atoms with Gasteiger partial charge in [0.2, 0.25) is 0 Å². The van der Waals surface area contributed by atoms with Crippen molar-refractivity contribution in [2.24, 2.45) is 5.92 Å². The van der Waals surface area contributed by atoms with Gasteiger partial charge in [0, 0.05) is 32.2 Å². The summed E-state index contributed by atoms with van der Waals surface area (Å²) < 4.78 is 5.63. The average molecular weight is 330 g/mol. The lowest BCUT2D eigenvalue weighted by Gasteiger charge is -2.42. The number of hydrogen-bond donors (Lipinski definition) is 0. The van der Waals surface area contributed by atoms with Crippen LogP contribution in [-0.2, 0) is 4.79 Å². The monoisotopic (exact) mass is 330 g/mol. The molecule has 24 heavy (non-hydrogen) atoms. The van der Waals surface area contributed by atoms with E-state index in [4.69, 9.17) is 4.74 Å². The summed E-state index contributed by atoms with van der Waals surface area (Å²) in [5, 5.41) is 0. The van der Waals surface area contributed by atoms with E-state index >= 15 is 0 Å². The van der Waals surface area contributed by atoms with E-state index in [9.17, 15) is 4.79 Å². The van der Waals surface area contributed by atoms with Crippen LogP contribution >= 0.6 is 0 Å². The van der Waals surface area contributed by atoms with E-state index in [1.807, 2.05) is 36.1 Å². The molecule has 4 nitrogen and oxygen atoms in total. The maximum atomic E-state index is 12.4. The number of amides is 1. The molecule has 1 aromatic rings. The number of aryl methyl sites for hydroxylation is 1. The molecule has 1 heterocycles. The second-order valence-electron chi connectivity index (χ2n) is 7.44. The van der Waals surface area contributed by atoms with Crippen LogP contribution in [0.1, 0.15) is 38.2 Å². The topological polar surface area (TPSA) is 32.8 Å². The highest BCUT2D eigenvalue weighted by atomic mass is 16.5. The van der Waals surface area contributed by atoms with E-state index in [2.05, 4.69) is 11.8 Å². The van der Waals surface area contributed by atoms with Gasteiger partial charge in [0.05, 0.1) is 0 Å². The maximum Gasteiger partial charge on any atom is 0.260 e. The summed E-state index contributed by atoms with van der Waals surface area (Å²) in [6.45, 7) is 8.24. The Labute approximate surface area is 145 Å². The number of piperazine rings is 1. The van der Waals surface area contributed by atoms with E-state index in [1.165, 1.54) is 31.2 Å². The van der Waals surface area contributed by atoms with Crippen molar-refractivity contribution in [1.82, 2.24) is 9.80 Å². The maximum absolute atomic E-state index is 12.4. The lowest BCUT2D eigenvalue weighted by molar-refractivity contribution is -0.135. The van der Waals surface area contributed by atoms with Crippen LogP contribution in [0.5, 0.6) is 5.75 Å². The molecule has 2 fully saturated rings. The SMILES string of the molecule is Cc1ccc(OCC(=O)N2CCN([C@H]3CCC[C@@H](C)C3)CC2)cc1. The van der Waals surface area contributed by atoms with Gasteiger partial charge in [-0.25, -0.2) is 0 Å². The van der Waals surface area contributed by atoms with Gasteiger partial charge in [-0.05, 0) is 37.8 Å². The molecule has 0 aromatic heterocycles. The van der Waals surface area contributed by atoms with Crippen molar-refractivity contribution in [1.29, 1.82) is 0 Å². The smallest absolute Gasteiger partial charge is 0.260 e. The van der Waals surface area contributed by atoms with Crippen LogP contribution < -0.4 is 4.74 Å². The van der Waals surface area contributed by atoms with Crippen LogP contribution in [0.25, 0.3) is 0 Å². The molecule has 1 saturated heterocycles. The molecule has 0 bridgehead atoms. The summed E-state index contributed by atoms with van der Waals surface area (Å²) in [6, 6.07) is 8.58. The van der Waals surface area contributed by atoms with Crippen LogP contribution in [0.4, 0.5) is 0 Å². The second-order valence-corrected chi connectivity index (χ2v) is 7.44. The van der Waals surface area contributed by atoms with Gasteiger partial charge in [0.15, 0.2) is 6.61 Å². The molecule has 1 aliphatic carbocycles. The molecular formula is C20H30N2O2. The molecule has 1 aromatic carbocycles. The quantitative estimate of drug-likeness (QED) is 0.850. The van der Waals surface area contributed by atoms with Crippen molar-refractivity contribution in [2.75, 3.05) is 32.8 Å². The predicted octanol–water partition coefficient (Wildman–Crippen LogP) is 3.10. The Hall–Kier alpha value is -1.55. The van der Waals surface area contributed by atoms with Gasteiger partial charge >= 0.3 is 0 Å². The van der Waals surface area contributed by atoms with Crippen molar-refractivity contribution in [3.05, 3.63) is 29.8 Å². The summed E-state index contributed by atoms with van der Waals surface area (Å²) in [5.74, 6) is 1.72. The van der Waals surface area contributed by atoms with Crippen molar-refractivity contribution < 1.29 is 9.53 Å². The largest absolute Gasteiger partial charge is 0.484 e. The molecule has 3 rings (SSSR count). The van der Waals surface area contributed by atoms with Crippen molar-refractivity contribution in [2.45, 2.75) is 45.6 Å². The lowest BCUT2D eigenvalue weighted by atomic mass is 9.86. The Bertz CT molecular complexity index is 535. The molecular weight excluding hydrogens is 300 g/mol. The van der Waals surface area contributed by atoms with Crippen molar-refractivity contribution >= 4 is 5.91 Å². The molecule has 4 heteroatoms. The van der Waals surface area contributed by atoms with Gasteiger partial charge in [0.1, 0.15) is 5.75 Å². The Morgan fingerprint density at radius 3 is 2.50 bits per heavy atom. The number of hydrogen-bond acceptors (Lipinski definition) is 3. The third kappa shape index (κ3) is 4.50. The third-order valence-corrected chi connectivity index (χ3v) is 5.48. The van der Waals surface area contributed by atoms with Crippen LogP contribution in [0.15, 0.2) is 24.3 Å². The normalized spacial score (nSPS) is 25.5. The van der Waals surface area contributed by atoms with Crippen molar-refractivity contribution in [3.63, 3.8) is 0 Å². The van der Waals surface area contributed by atoms with E-state index in [0.29, 0.717) is 0 Å². The molecule has 0 N–H and O–H groups in total. The Balaban J connectivity index is 1.42. The zero-order chi connectivity index (χ0) is 16.9. The van der Waals surface area contributed by atoms with E-state index in [1.54, 1.807) is 0 Å². The van der Waals surface area contributed by atoms with Gasteiger partial charge < -0.3 is 9.64 Å². The van der Waals surface area contributed by atoms with Crippen LogP contribution in [-0.4, -0.2) is 54.5 Å². The zero-order valence-electron chi connectivity index (χ0n) is 15.0. The number of nitrogens with zero attached hydrogens (tertiary/aromatic N) is 2. The average Bonchev–Trinajstić information content (AvgIpc) is 2.61. The van der Waals surface area contributed by atoms with E-state index < -0.39 is 0 Å². The van der Waals surface area contributed by atoms with Gasteiger partial charge in [-0.3, -0.25) is 9.69 Å². The van der Waals surface area contributed by atoms with Crippen molar-refractivity contribution in [3.8, 4) is 5.75 Å². The molecule has 0 radical (unpaired) electrons. The van der Waals surface area contributed by atoms with E-state index in [0.717, 1.165) is 43.9 Å². The Morgan fingerprint density at radius 1 is 1.12 bits per heavy atom. The number of carbonyl (C=O) groups excluding carboxylic acids is 1. The van der Waals surface area contributed by atoms with Crippen LogP contribution in [0.3, 0.4) is 0 Å². The number of ether oxygens (including phenoxy) is 1. The molecule has 1 saturated carbocycles. The minimum atomic E-state index is 0.104. The van der Waals surface area contributed by atoms with E-state index in [-0.39, 0.29) is 12.5 Å². The summed E-state index contributed by atoms with van der Waals surface area (Å²) >= 11 is 0. The molecule has 0 spiro atoms. The minimum Gasteiger partial charge on any atom is -0.484 e. The number of benzene rings is 1. The lowest BCUT2D eigenvalue weighted by Crippen LogP contribution is -2.53. The first kappa shape index (κ1) is 17.3. The summed E-state index contributed by atoms with van der Waals surface area (Å²) in [7, 11) is 0. The summed E-state index contributed by atoms with van der Waals surface area (Å²) in [4.78, 5) is 16.9. The molecule has 2 atom stereocenters. The van der Waals surface area contributed by atoms with Gasteiger partial charge in [-0.2, -0.15) is 0 Å². The van der Waals surface area contributed by atoms with Gasteiger partial charge in [-0.1, -0.05) is 37.5 Å². The first-order valence-electron chi connectivity index (χ1n) is 9.33. The molecule has 1 amide bonds. The molecule has 2 aliphatic rings. The first-order valence-corrected chi connectivity index (χ1v) is 9.33. The van der Waals surface area contributed by atoms with Gasteiger partial charge in [-0.15, -0.1) is 0 Å². The Kier molecular flexibility index (Phi) is 5.77. The first-order chi connectivity index (χ1) is 11.6. The highest BCUT2D eigenvalue weighted by Gasteiger charge is 2.28. The minimum absolute atomic E-state index is 0.104.